The molecule has 0 aliphatic carbocycles. The Hall–Kier alpha value is -4.77. The van der Waals surface area contributed by atoms with Crippen molar-refractivity contribution in [3.05, 3.63) is 71.3 Å². The van der Waals surface area contributed by atoms with Crippen molar-refractivity contribution in [2.45, 2.75) is 13.0 Å². The third-order valence-electron chi connectivity index (χ3n) is 6.68. The molecule has 11 heteroatoms. The smallest absolute Gasteiger partial charge is 0.301 e. The highest BCUT2D eigenvalue weighted by molar-refractivity contribution is 7.22. The van der Waals surface area contributed by atoms with Crippen LogP contribution in [0.3, 0.4) is 0 Å². The van der Waals surface area contributed by atoms with Gasteiger partial charge in [-0.3, -0.25) is 14.5 Å². The minimum Gasteiger partial charge on any atom is -0.507 e. The van der Waals surface area contributed by atoms with Gasteiger partial charge in [-0.05, 0) is 67.1 Å². The highest BCUT2D eigenvalue weighted by Gasteiger charge is 2.48. The van der Waals surface area contributed by atoms with Crippen molar-refractivity contribution < 1.29 is 38.4 Å². The van der Waals surface area contributed by atoms with Crippen molar-refractivity contribution in [3.8, 4) is 28.7 Å². The van der Waals surface area contributed by atoms with Crippen LogP contribution in [0, 0.1) is 0 Å². The maximum absolute atomic E-state index is 13.7. The van der Waals surface area contributed by atoms with Gasteiger partial charge in [0.25, 0.3) is 5.78 Å². The number of hydrogen-bond donors (Lipinski definition) is 1. The number of ketones is 1. The number of aliphatic hydroxyl groups excluding tert-OH is 1. The lowest BCUT2D eigenvalue weighted by atomic mass is 9.94. The van der Waals surface area contributed by atoms with Crippen LogP contribution in [0.1, 0.15) is 24.1 Å². The number of ether oxygens (including phenoxy) is 5. The molecule has 1 aromatic heterocycles. The van der Waals surface area contributed by atoms with E-state index in [4.69, 9.17) is 23.7 Å². The van der Waals surface area contributed by atoms with Crippen LogP contribution in [-0.4, -0.2) is 56.8 Å². The molecule has 0 unspecified atom stereocenters. The first-order valence-electron chi connectivity index (χ1n) is 12.6. The van der Waals surface area contributed by atoms with Crippen LogP contribution in [0.15, 0.2) is 60.2 Å². The van der Waals surface area contributed by atoms with Crippen LogP contribution in [0.4, 0.5) is 5.13 Å². The number of anilines is 1. The lowest BCUT2D eigenvalue weighted by molar-refractivity contribution is -0.132. The minimum atomic E-state index is -1.06. The van der Waals surface area contributed by atoms with E-state index in [1.54, 1.807) is 48.5 Å². The molecule has 2 heterocycles. The molecule has 5 rings (SSSR count). The predicted octanol–water partition coefficient (Wildman–Crippen LogP) is 5.36. The molecule has 1 atom stereocenters. The van der Waals surface area contributed by atoms with Gasteiger partial charge in [-0.25, -0.2) is 4.98 Å². The first-order chi connectivity index (χ1) is 19.8. The number of aromatic nitrogens is 1. The van der Waals surface area contributed by atoms with Crippen molar-refractivity contribution in [1.82, 2.24) is 4.98 Å². The van der Waals surface area contributed by atoms with Crippen LogP contribution in [-0.2, 0) is 9.59 Å². The number of thiazole rings is 1. The lowest BCUT2D eigenvalue weighted by Crippen LogP contribution is -2.29. The summed E-state index contributed by atoms with van der Waals surface area (Å²) in [6.07, 6.45) is 0. The molecule has 212 valence electrons. The number of fused-ring (bicyclic) bond motifs is 1. The topological polar surface area (TPSA) is 117 Å². The molecule has 0 spiro atoms. The molecule has 0 radical (unpaired) electrons. The zero-order chi connectivity index (χ0) is 29.3. The number of aliphatic hydroxyl groups is 1. The number of nitrogens with zero attached hydrogens (tertiary/aromatic N) is 2. The number of carbonyl (C=O) groups is 2. The second kappa shape index (κ2) is 11.4. The largest absolute Gasteiger partial charge is 0.507 e. The Kier molecular flexibility index (Phi) is 7.71. The summed E-state index contributed by atoms with van der Waals surface area (Å²) in [4.78, 5) is 33.3. The third-order valence-corrected chi connectivity index (χ3v) is 7.69. The average Bonchev–Trinajstić information content (AvgIpc) is 3.53. The lowest BCUT2D eigenvalue weighted by Gasteiger charge is -2.24. The number of rotatable bonds is 9. The molecule has 10 nitrogen and oxygen atoms in total. The second-order valence-corrected chi connectivity index (χ2v) is 9.92. The van der Waals surface area contributed by atoms with Gasteiger partial charge in [0, 0.05) is 5.56 Å². The highest BCUT2D eigenvalue weighted by atomic mass is 32.1. The van der Waals surface area contributed by atoms with Crippen molar-refractivity contribution in [2.24, 2.45) is 0 Å². The Balaban J connectivity index is 1.75. The zero-order valence-electron chi connectivity index (χ0n) is 23.1. The van der Waals surface area contributed by atoms with Crippen LogP contribution in [0.25, 0.3) is 16.0 Å². The Morgan fingerprint density at radius 1 is 0.902 bits per heavy atom. The molecule has 0 saturated carbocycles. The summed E-state index contributed by atoms with van der Waals surface area (Å²) in [5.74, 6) is 0.197. The fraction of sp³-hybridized carbons (Fsp3) is 0.233. The molecular weight excluding hydrogens is 548 g/mol. The molecule has 3 aromatic carbocycles. The number of carbonyl (C=O) groups excluding carboxylic acids is 2. The summed E-state index contributed by atoms with van der Waals surface area (Å²) in [7, 11) is 5.95. The molecule has 4 aromatic rings. The predicted molar refractivity (Wildman–Crippen MR) is 155 cm³/mol. The summed E-state index contributed by atoms with van der Waals surface area (Å²) in [5, 5.41) is 11.8. The van der Waals surface area contributed by atoms with E-state index in [0.717, 1.165) is 4.70 Å². The quantitative estimate of drug-likeness (QED) is 0.160. The standard InChI is InChI=1S/C30H28N2O8S/c1-6-40-19-11-12-20-23(15-19)41-30(31-20)32-25(17-13-21(37-3)28(39-5)22(14-17)38-4)24(27(34)29(32)35)26(33)16-7-9-18(36-2)10-8-16/h7-15,25,33H,6H2,1-5H3/b26-24+/t25-/m0/s1. The Morgan fingerprint density at radius 2 is 1.56 bits per heavy atom. The minimum absolute atomic E-state index is 0.108. The van der Waals surface area contributed by atoms with Crippen LogP contribution >= 0.6 is 11.3 Å². The Morgan fingerprint density at radius 3 is 2.15 bits per heavy atom. The normalized spacial score (nSPS) is 16.2. The summed E-state index contributed by atoms with van der Waals surface area (Å²) >= 11 is 1.23. The number of hydrogen-bond acceptors (Lipinski definition) is 10. The van der Waals surface area contributed by atoms with Crippen molar-refractivity contribution in [1.29, 1.82) is 0 Å². The molecule has 41 heavy (non-hydrogen) atoms. The van der Waals surface area contributed by atoms with Gasteiger partial charge < -0.3 is 28.8 Å². The summed E-state index contributed by atoms with van der Waals surface area (Å²) in [6.45, 7) is 2.39. The van der Waals surface area contributed by atoms with Crippen LogP contribution < -0.4 is 28.6 Å². The van der Waals surface area contributed by atoms with Gasteiger partial charge in [0.15, 0.2) is 16.6 Å². The van der Waals surface area contributed by atoms with Gasteiger partial charge in [0.2, 0.25) is 5.75 Å². The van der Waals surface area contributed by atoms with E-state index in [2.05, 4.69) is 4.98 Å². The van der Waals surface area contributed by atoms with E-state index in [9.17, 15) is 14.7 Å². The van der Waals surface area contributed by atoms with Crippen molar-refractivity contribution in [3.63, 3.8) is 0 Å². The van der Waals surface area contributed by atoms with E-state index in [0.29, 0.717) is 52.0 Å². The number of amides is 1. The van der Waals surface area contributed by atoms with E-state index < -0.39 is 17.7 Å². The maximum atomic E-state index is 13.7. The Labute approximate surface area is 240 Å². The summed E-state index contributed by atoms with van der Waals surface area (Å²) in [5.41, 5.74) is 1.31. The van der Waals surface area contributed by atoms with Gasteiger partial charge in [-0.1, -0.05) is 11.3 Å². The van der Waals surface area contributed by atoms with Crippen molar-refractivity contribution in [2.75, 3.05) is 39.9 Å². The van der Waals surface area contributed by atoms with Gasteiger partial charge >= 0.3 is 5.91 Å². The molecule has 1 amide bonds. The van der Waals surface area contributed by atoms with Gasteiger partial charge in [0.1, 0.15) is 17.3 Å². The third kappa shape index (κ3) is 4.89. The van der Waals surface area contributed by atoms with E-state index >= 15 is 0 Å². The average molecular weight is 577 g/mol. The fourth-order valence-corrected chi connectivity index (χ4v) is 5.78. The number of benzene rings is 3. The van der Waals surface area contributed by atoms with E-state index in [1.807, 2.05) is 13.0 Å². The maximum Gasteiger partial charge on any atom is 0.301 e. The fourth-order valence-electron chi connectivity index (χ4n) is 4.76. The highest BCUT2D eigenvalue weighted by Crippen LogP contribution is 2.48. The SMILES string of the molecule is CCOc1ccc2nc(N3C(=O)C(=O)/C(=C(/O)c4ccc(OC)cc4)[C@@H]3c3cc(OC)c(OC)c(OC)c3)sc2c1. The molecular formula is C30H28N2O8S. The molecule has 1 saturated heterocycles. The number of methoxy groups -OCH3 is 4. The first-order valence-corrected chi connectivity index (χ1v) is 13.5. The van der Waals surface area contributed by atoms with Crippen LogP contribution in [0.5, 0.6) is 28.7 Å². The van der Waals surface area contributed by atoms with E-state index in [1.165, 1.54) is 44.7 Å². The van der Waals surface area contributed by atoms with Gasteiger partial charge in [-0.15, -0.1) is 0 Å². The van der Waals surface area contributed by atoms with Crippen molar-refractivity contribution >= 4 is 44.1 Å². The molecule has 1 aliphatic heterocycles. The summed E-state index contributed by atoms with van der Waals surface area (Å²) < 4.78 is 28.2. The van der Waals surface area contributed by atoms with E-state index in [-0.39, 0.29) is 16.5 Å². The second-order valence-electron chi connectivity index (χ2n) is 8.92. The van der Waals surface area contributed by atoms with Crippen LogP contribution in [0.2, 0.25) is 0 Å². The summed E-state index contributed by atoms with van der Waals surface area (Å²) in [6, 6.07) is 14.2. The monoisotopic (exact) mass is 576 g/mol. The molecule has 1 fully saturated rings. The van der Waals surface area contributed by atoms with Gasteiger partial charge in [0.05, 0.1) is 56.9 Å². The molecule has 1 aliphatic rings. The number of Topliss-reactive ketones (excluding diaryl/α,β-unsaturated/α-hetero) is 1. The first kappa shape index (κ1) is 27.8. The molecule has 1 N–H and O–H groups in total. The Bertz CT molecular complexity index is 1640. The van der Waals surface area contributed by atoms with Gasteiger partial charge in [-0.2, -0.15) is 0 Å². The zero-order valence-corrected chi connectivity index (χ0v) is 23.9. The molecule has 0 bridgehead atoms.